The summed E-state index contributed by atoms with van der Waals surface area (Å²) in [5, 5.41) is 0. The molecule has 7 nitrogen and oxygen atoms in total. The van der Waals surface area contributed by atoms with Gasteiger partial charge in [-0.3, -0.25) is 0 Å². The third-order valence-electron chi connectivity index (χ3n) is 3.03. The van der Waals surface area contributed by atoms with Gasteiger partial charge in [-0.15, -0.1) is 0 Å². The quantitative estimate of drug-likeness (QED) is 0.527. The van der Waals surface area contributed by atoms with Crippen molar-refractivity contribution >= 4 is 16.5 Å². The van der Waals surface area contributed by atoms with Crippen LogP contribution in [0.3, 0.4) is 0 Å². The zero-order valence-corrected chi connectivity index (χ0v) is 15.1. The van der Waals surface area contributed by atoms with Crippen molar-refractivity contribution in [2.75, 3.05) is 12.5 Å². The molecule has 0 amide bonds. The third kappa shape index (κ3) is 6.54. The van der Waals surface area contributed by atoms with Gasteiger partial charge in [-0.05, 0) is 29.8 Å². The fourth-order valence-electron chi connectivity index (χ4n) is 1.91. The minimum absolute atomic E-state index is 0.0865. The van der Waals surface area contributed by atoms with Gasteiger partial charge in [-0.1, -0.05) is 30.3 Å². The zero-order valence-electron chi connectivity index (χ0n) is 13.5. The molecule has 0 saturated heterocycles. The number of hydrogen-bond acceptors (Lipinski definition) is 7. The largest absolute Gasteiger partial charge is 0.514 e. The van der Waals surface area contributed by atoms with E-state index in [-0.39, 0.29) is 12.4 Å². The zero-order chi connectivity index (χ0) is 18.5. The van der Waals surface area contributed by atoms with Gasteiger partial charge in [0, 0.05) is 27.7 Å². The van der Waals surface area contributed by atoms with E-state index in [2.05, 4.69) is 3.74 Å². The Morgan fingerprint density at radius 3 is 2.16 bits per heavy atom. The molecule has 2 aromatic carbocycles. The second-order valence-electron chi connectivity index (χ2n) is 5.27. The highest BCUT2D eigenvalue weighted by atomic mass is 35.7. The molecule has 0 aliphatic rings. The van der Waals surface area contributed by atoms with Crippen LogP contribution in [0.15, 0.2) is 59.5 Å². The topological polar surface area (TPSA) is 114 Å². The highest BCUT2D eigenvalue weighted by Gasteiger charge is 2.34. The van der Waals surface area contributed by atoms with Crippen LogP contribution in [0, 0.1) is 10.2 Å². The molecule has 2 rings (SSSR count). The predicted molar refractivity (Wildman–Crippen MR) is 82.5 cm³/mol. The molecule has 0 radical (unpaired) electrons. The Labute approximate surface area is 149 Å². The molecule has 0 aromatic heterocycles. The van der Waals surface area contributed by atoms with E-state index in [9.17, 15) is 18.8 Å². The van der Waals surface area contributed by atoms with E-state index in [1.165, 1.54) is 36.8 Å². The molecule has 0 heterocycles. The first kappa shape index (κ1) is 19.5. The van der Waals surface area contributed by atoms with Crippen molar-refractivity contribution in [1.29, 1.82) is 0 Å². The Morgan fingerprint density at radius 2 is 1.60 bits per heavy atom. The van der Waals surface area contributed by atoms with Gasteiger partial charge in [0.05, 0.1) is 10.2 Å². The van der Waals surface area contributed by atoms with Crippen molar-refractivity contribution in [3.05, 3.63) is 60.2 Å². The Morgan fingerprint density at radius 1 is 1.00 bits per heavy atom. The molecule has 0 spiro atoms. The summed E-state index contributed by atoms with van der Waals surface area (Å²) in [6.07, 6.45) is 2.17. The highest BCUT2D eigenvalue weighted by Crippen LogP contribution is 2.51. The first-order chi connectivity index (χ1) is 11.7. The summed E-state index contributed by atoms with van der Waals surface area (Å²) < 4.78 is 46.8. The van der Waals surface area contributed by atoms with Crippen LogP contribution in [0.1, 0.15) is 5.56 Å². The average Bonchev–Trinajstić information content (AvgIpc) is 2.52. The highest BCUT2D eigenvalue weighted by molar-refractivity contribution is 8.28. The van der Waals surface area contributed by atoms with Crippen molar-refractivity contribution in [2.24, 2.45) is 0 Å². The minimum atomic E-state index is -4.53. The van der Waals surface area contributed by atoms with Crippen LogP contribution in [0.2, 0.25) is 0 Å². The Kier molecular flexibility index (Phi) is 6.28. The SMILES string of the molecule is CS(C)(O[Cl+3]([O-])([O-])[O-])c1ccc(OC(=O)OCc2ccccc2)cc1. The van der Waals surface area contributed by atoms with E-state index in [4.69, 9.17) is 9.47 Å². The summed E-state index contributed by atoms with van der Waals surface area (Å²) >= 11 is 0. The van der Waals surface area contributed by atoms with Crippen LogP contribution in [0.4, 0.5) is 4.79 Å². The van der Waals surface area contributed by atoms with E-state index < -0.39 is 26.7 Å². The first-order valence-corrected chi connectivity index (χ1v) is 10.6. The molecule has 0 atom stereocenters. The second kappa shape index (κ2) is 8.05. The number of hydrogen-bond donors (Lipinski definition) is 0. The van der Waals surface area contributed by atoms with Crippen LogP contribution >= 0.6 is 10.3 Å². The molecule has 25 heavy (non-hydrogen) atoms. The number of carbonyl (C=O) groups excluding carboxylic acids is 1. The smallest absolute Gasteiger partial charge is 0.429 e. The molecule has 0 unspecified atom stereocenters. The molecular formula is C16H17ClO7S. The van der Waals surface area contributed by atoms with Crippen LogP contribution in [-0.2, 0) is 15.1 Å². The van der Waals surface area contributed by atoms with Gasteiger partial charge < -0.3 is 9.47 Å². The monoisotopic (exact) mass is 388 g/mol. The van der Waals surface area contributed by atoms with Crippen molar-refractivity contribution in [1.82, 2.24) is 0 Å². The molecule has 0 bridgehead atoms. The molecule has 0 aliphatic heterocycles. The van der Waals surface area contributed by atoms with E-state index in [0.717, 1.165) is 5.56 Å². The maximum atomic E-state index is 11.7. The standard InChI is InChI=1S/C16H17ClO7S/c1-25(2,24-17(19,20)21)15-10-8-14(9-11-15)23-16(18)22-12-13-6-4-3-5-7-13/h3-11H,12H2,1-2H3. The summed E-state index contributed by atoms with van der Waals surface area (Å²) in [5.74, 6) is 0.222. The number of halogens is 1. The van der Waals surface area contributed by atoms with Crippen molar-refractivity contribution in [3.63, 3.8) is 0 Å². The molecule has 136 valence electrons. The molecule has 0 N–H and O–H groups in total. The lowest BCUT2D eigenvalue weighted by atomic mass is 10.2. The number of carbonyl (C=O) groups is 1. The fraction of sp³-hybridized carbons (Fsp3) is 0.188. The van der Waals surface area contributed by atoms with Gasteiger partial charge in [0.15, 0.2) is 0 Å². The van der Waals surface area contributed by atoms with Gasteiger partial charge in [-0.2, -0.15) is 14.0 Å². The number of rotatable bonds is 6. The van der Waals surface area contributed by atoms with E-state index >= 15 is 0 Å². The van der Waals surface area contributed by atoms with E-state index in [0.29, 0.717) is 4.90 Å². The Bertz CT molecular complexity index is 699. The molecule has 0 saturated carbocycles. The lowest BCUT2D eigenvalue weighted by Gasteiger charge is -2.26. The molecule has 0 fully saturated rings. The normalized spacial score (nSPS) is 12.5. The van der Waals surface area contributed by atoms with Crippen LogP contribution < -0.4 is 18.7 Å². The van der Waals surface area contributed by atoms with Crippen molar-refractivity contribution in [3.8, 4) is 5.75 Å². The van der Waals surface area contributed by atoms with Crippen LogP contribution in [0.25, 0.3) is 0 Å². The van der Waals surface area contributed by atoms with E-state index in [1.54, 1.807) is 0 Å². The average molecular weight is 389 g/mol. The van der Waals surface area contributed by atoms with Crippen LogP contribution in [0.5, 0.6) is 5.75 Å². The van der Waals surface area contributed by atoms with Crippen LogP contribution in [-0.4, -0.2) is 18.7 Å². The predicted octanol–water partition coefficient (Wildman–Crippen LogP) is 0.654. The van der Waals surface area contributed by atoms with Gasteiger partial charge in [0.2, 0.25) is 0 Å². The third-order valence-corrected chi connectivity index (χ3v) is 6.31. The second-order valence-corrected chi connectivity index (χ2v) is 9.47. The minimum Gasteiger partial charge on any atom is -0.429 e. The van der Waals surface area contributed by atoms with Crippen molar-refractivity contribution in [2.45, 2.75) is 11.5 Å². The fourth-order valence-corrected chi connectivity index (χ4v) is 4.53. The van der Waals surface area contributed by atoms with Gasteiger partial charge in [0.1, 0.15) is 16.1 Å². The maximum Gasteiger partial charge on any atom is 0.514 e. The maximum absolute atomic E-state index is 11.7. The molecular weight excluding hydrogens is 372 g/mol. The molecule has 0 aliphatic carbocycles. The summed E-state index contributed by atoms with van der Waals surface area (Å²) in [4.78, 5) is 12.2. The van der Waals surface area contributed by atoms with Gasteiger partial charge in [-0.25, -0.2) is 4.79 Å². The molecule has 2 aromatic rings. The Hall–Kier alpha value is -1.81. The summed E-state index contributed by atoms with van der Waals surface area (Å²) in [6, 6.07) is 15.1. The summed E-state index contributed by atoms with van der Waals surface area (Å²) in [6.45, 7) is 0.0865. The molecule has 9 heteroatoms. The summed E-state index contributed by atoms with van der Waals surface area (Å²) in [7, 11) is -6.82. The number of benzene rings is 2. The van der Waals surface area contributed by atoms with Crippen molar-refractivity contribution < 1.29 is 42.2 Å². The summed E-state index contributed by atoms with van der Waals surface area (Å²) in [5.41, 5.74) is 0.829. The van der Waals surface area contributed by atoms with Gasteiger partial charge >= 0.3 is 6.16 Å². The van der Waals surface area contributed by atoms with Gasteiger partial charge in [0.25, 0.3) is 0 Å². The first-order valence-electron chi connectivity index (χ1n) is 7.00. The lowest BCUT2D eigenvalue weighted by Crippen LogP contribution is -2.61. The lowest BCUT2D eigenvalue weighted by molar-refractivity contribution is -1.91. The van der Waals surface area contributed by atoms with E-state index in [1.807, 2.05) is 30.3 Å². The number of ether oxygens (including phenoxy) is 2. The Balaban J connectivity index is 1.92.